The number of anilines is 2. The molecule has 1 aliphatic heterocycles. The summed E-state index contributed by atoms with van der Waals surface area (Å²) >= 11 is 5.72. The molecule has 126 valence electrons. The van der Waals surface area contributed by atoms with Crippen LogP contribution < -0.4 is 14.9 Å². The van der Waals surface area contributed by atoms with Gasteiger partial charge in [0.15, 0.2) is 0 Å². The molecule has 0 aliphatic carbocycles. The Bertz CT molecular complexity index is 903. The lowest BCUT2D eigenvalue weighted by atomic mass is 10.3. The van der Waals surface area contributed by atoms with Crippen LogP contribution in [0.1, 0.15) is 0 Å². The molecule has 2 aromatic carbocycles. The van der Waals surface area contributed by atoms with E-state index in [1.165, 1.54) is 46.2 Å². The van der Waals surface area contributed by atoms with Crippen LogP contribution in [0.15, 0.2) is 47.4 Å². The summed E-state index contributed by atoms with van der Waals surface area (Å²) in [6.07, 6.45) is 0. The minimum atomic E-state index is -3.80. The van der Waals surface area contributed by atoms with Gasteiger partial charge in [0.1, 0.15) is 5.82 Å². The molecule has 2 amide bonds. The highest BCUT2D eigenvalue weighted by molar-refractivity contribution is 7.89. The van der Waals surface area contributed by atoms with Crippen LogP contribution in [0, 0.1) is 5.82 Å². The second-order valence-corrected chi connectivity index (χ2v) is 7.22. The zero-order chi connectivity index (χ0) is 17.5. The van der Waals surface area contributed by atoms with Crippen LogP contribution in [0.5, 0.6) is 0 Å². The second kappa shape index (κ2) is 6.04. The monoisotopic (exact) mass is 369 g/mol. The van der Waals surface area contributed by atoms with E-state index in [1.54, 1.807) is 0 Å². The number of nitrogens with two attached hydrogens (primary N) is 1. The molecule has 2 N–H and O–H groups in total. The van der Waals surface area contributed by atoms with Crippen molar-refractivity contribution in [2.45, 2.75) is 4.90 Å². The van der Waals surface area contributed by atoms with Crippen molar-refractivity contribution in [2.75, 3.05) is 22.9 Å². The number of primary sulfonamides is 1. The highest BCUT2D eigenvalue weighted by Gasteiger charge is 2.32. The van der Waals surface area contributed by atoms with E-state index >= 15 is 0 Å². The molecule has 0 atom stereocenters. The van der Waals surface area contributed by atoms with Gasteiger partial charge in [0.2, 0.25) is 10.0 Å². The van der Waals surface area contributed by atoms with Gasteiger partial charge in [-0.25, -0.2) is 22.7 Å². The van der Waals surface area contributed by atoms with Crippen LogP contribution in [0.3, 0.4) is 0 Å². The van der Waals surface area contributed by atoms with Gasteiger partial charge >= 0.3 is 6.03 Å². The Labute approximate surface area is 143 Å². The number of halogens is 2. The van der Waals surface area contributed by atoms with Gasteiger partial charge in [0.05, 0.1) is 10.6 Å². The molecule has 1 saturated heterocycles. The summed E-state index contributed by atoms with van der Waals surface area (Å²) in [5.74, 6) is -0.581. The molecule has 0 bridgehead atoms. The number of nitrogens with zero attached hydrogens (tertiary/aromatic N) is 2. The van der Waals surface area contributed by atoms with Crippen LogP contribution in [0.4, 0.5) is 20.6 Å². The first-order chi connectivity index (χ1) is 11.3. The molecule has 0 saturated carbocycles. The summed E-state index contributed by atoms with van der Waals surface area (Å²) in [5, 5.41) is 5.29. The van der Waals surface area contributed by atoms with Gasteiger partial charge in [-0.15, -0.1) is 0 Å². The third-order valence-corrected chi connectivity index (χ3v) is 4.85. The Morgan fingerprint density at radius 3 is 2.25 bits per heavy atom. The number of benzene rings is 2. The highest BCUT2D eigenvalue weighted by atomic mass is 35.5. The van der Waals surface area contributed by atoms with E-state index in [4.69, 9.17) is 16.7 Å². The fourth-order valence-corrected chi connectivity index (χ4v) is 3.19. The Morgan fingerprint density at radius 2 is 1.67 bits per heavy atom. The van der Waals surface area contributed by atoms with Crippen LogP contribution in [0.25, 0.3) is 0 Å². The third-order valence-electron chi connectivity index (χ3n) is 3.69. The average molecular weight is 370 g/mol. The Balaban J connectivity index is 1.86. The number of sulfonamides is 1. The Kier molecular flexibility index (Phi) is 4.20. The maximum Gasteiger partial charge on any atom is 0.329 e. The number of amides is 2. The minimum Gasteiger partial charge on any atom is -0.292 e. The molecule has 0 aromatic heterocycles. The number of rotatable bonds is 3. The van der Waals surface area contributed by atoms with Gasteiger partial charge < -0.3 is 0 Å². The molecule has 9 heteroatoms. The van der Waals surface area contributed by atoms with Crippen molar-refractivity contribution in [2.24, 2.45) is 5.14 Å². The molecule has 1 aliphatic rings. The minimum absolute atomic E-state index is 0.0431. The van der Waals surface area contributed by atoms with E-state index < -0.39 is 21.9 Å². The summed E-state index contributed by atoms with van der Waals surface area (Å²) in [4.78, 5) is 15.2. The smallest absolute Gasteiger partial charge is 0.292 e. The standard InChI is InChI=1S/C15H13ClFN3O3S/c16-10-1-6-14(13(17)9-10)20-8-7-19(15(20)21)11-2-4-12(5-3-11)24(18,22)23/h1-6,9H,7-8H2,(H2,18,22,23). The number of hydrogen-bond acceptors (Lipinski definition) is 3. The molecule has 2 aromatic rings. The maximum absolute atomic E-state index is 14.0. The first kappa shape index (κ1) is 16.7. The Morgan fingerprint density at radius 1 is 1.04 bits per heavy atom. The first-order valence-corrected chi connectivity index (χ1v) is 8.87. The highest BCUT2D eigenvalue weighted by Crippen LogP contribution is 2.29. The normalized spacial score (nSPS) is 15.2. The fourth-order valence-electron chi connectivity index (χ4n) is 2.52. The van der Waals surface area contributed by atoms with Gasteiger partial charge in [-0.2, -0.15) is 0 Å². The summed E-state index contributed by atoms with van der Waals surface area (Å²) < 4.78 is 36.5. The number of carbonyl (C=O) groups is 1. The summed E-state index contributed by atoms with van der Waals surface area (Å²) in [7, 11) is -3.80. The lowest BCUT2D eigenvalue weighted by Crippen LogP contribution is -2.32. The van der Waals surface area contributed by atoms with Gasteiger partial charge in [0, 0.05) is 23.8 Å². The molecule has 6 nitrogen and oxygen atoms in total. The predicted octanol–water partition coefficient (Wildman–Crippen LogP) is 2.57. The van der Waals surface area contributed by atoms with Gasteiger partial charge in [-0.3, -0.25) is 9.80 Å². The third kappa shape index (κ3) is 3.08. The molecular formula is C15H13ClFN3O3S. The van der Waals surface area contributed by atoms with Crippen molar-refractivity contribution in [1.29, 1.82) is 0 Å². The number of hydrogen-bond donors (Lipinski definition) is 1. The number of carbonyl (C=O) groups excluding carboxylic acids is 1. The molecule has 0 spiro atoms. The fraction of sp³-hybridized carbons (Fsp3) is 0.133. The Hall–Kier alpha value is -2.16. The molecule has 0 unspecified atom stereocenters. The lowest BCUT2D eigenvalue weighted by Gasteiger charge is -2.19. The summed E-state index contributed by atoms with van der Waals surface area (Å²) in [6.45, 7) is 0.643. The quantitative estimate of drug-likeness (QED) is 0.902. The van der Waals surface area contributed by atoms with Gasteiger partial charge in [-0.05, 0) is 42.5 Å². The summed E-state index contributed by atoms with van der Waals surface area (Å²) in [5.41, 5.74) is 0.650. The first-order valence-electron chi connectivity index (χ1n) is 6.94. The molecule has 1 fully saturated rings. The van der Waals surface area contributed by atoms with Crippen molar-refractivity contribution in [3.8, 4) is 0 Å². The zero-order valence-corrected chi connectivity index (χ0v) is 13.9. The van der Waals surface area contributed by atoms with E-state index in [0.29, 0.717) is 18.8 Å². The average Bonchev–Trinajstić information content (AvgIpc) is 2.88. The van der Waals surface area contributed by atoms with E-state index in [1.807, 2.05) is 0 Å². The van der Waals surface area contributed by atoms with Crippen molar-refractivity contribution >= 4 is 39.0 Å². The molecule has 1 heterocycles. The van der Waals surface area contributed by atoms with Crippen LogP contribution in [-0.4, -0.2) is 27.5 Å². The van der Waals surface area contributed by atoms with Gasteiger partial charge in [0.25, 0.3) is 0 Å². The van der Waals surface area contributed by atoms with Crippen LogP contribution >= 0.6 is 11.6 Å². The maximum atomic E-state index is 14.0. The summed E-state index contributed by atoms with van der Waals surface area (Å²) in [6, 6.07) is 9.32. The van der Waals surface area contributed by atoms with E-state index in [0.717, 1.165) is 6.07 Å². The lowest BCUT2D eigenvalue weighted by molar-refractivity contribution is 0.255. The van der Waals surface area contributed by atoms with Crippen molar-refractivity contribution < 1.29 is 17.6 Å². The predicted molar refractivity (Wildman–Crippen MR) is 89.3 cm³/mol. The van der Waals surface area contributed by atoms with Crippen molar-refractivity contribution in [1.82, 2.24) is 0 Å². The van der Waals surface area contributed by atoms with Gasteiger partial charge in [-0.1, -0.05) is 11.6 Å². The van der Waals surface area contributed by atoms with Crippen molar-refractivity contribution in [3.05, 3.63) is 53.3 Å². The SMILES string of the molecule is NS(=O)(=O)c1ccc(N2CCN(c3ccc(Cl)cc3F)C2=O)cc1. The zero-order valence-electron chi connectivity index (χ0n) is 12.3. The molecule has 0 radical (unpaired) electrons. The van der Waals surface area contributed by atoms with Crippen LogP contribution in [0.2, 0.25) is 5.02 Å². The second-order valence-electron chi connectivity index (χ2n) is 5.22. The largest absolute Gasteiger partial charge is 0.329 e. The molecular weight excluding hydrogens is 357 g/mol. The number of urea groups is 1. The van der Waals surface area contributed by atoms with E-state index in [2.05, 4.69) is 0 Å². The van der Waals surface area contributed by atoms with E-state index in [-0.39, 0.29) is 15.6 Å². The topological polar surface area (TPSA) is 83.7 Å². The van der Waals surface area contributed by atoms with E-state index in [9.17, 15) is 17.6 Å². The molecule has 3 rings (SSSR count). The van der Waals surface area contributed by atoms with Crippen molar-refractivity contribution in [3.63, 3.8) is 0 Å². The molecule has 24 heavy (non-hydrogen) atoms. The van der Waals surface area contributed by atoms with Crippen LogP contribution in [-0.2, 0) is 10.0 Å².